The number of nitrogens with zero attached hydrogens (tertiary/aromatic N) is 1. The van der Waals surface area contributed by atoms with Gasteiger partial charge in [0, 0.05) is 6.04 Å². The number of nitrogens with two attached hydrogens (primary N) is 2. The highest BCUT2D eigenvalue weighted by Crippen LogP contribution is 2.20. The molecule has 1 atom stereocenters. The van der Waals surface area contributed by atoms with Crippen molar-refractivity contribution < 1.29 is 9.59 Å². The van der Waals surface area contributed by atoms with E-state index in [1.54, 1.807) is 12.1 Å². The zero-order chi connectivity index (χ0) is 15.3. The van der Waals surface area contributed by atoms with Crippen LogP contribution in [0.1, 0.15) is 25.3 Å². The minimum Gasteiger partial charge on any atom is -0.392 e. The molecule has 0 aliphatic carbocycles. The lowest BCUT2D eigenvalue weighted by molar-refractivity contribution is -0.136. The van der Waals surface area contributed by atoms with Gasteiger partial charge in [-0.1, -0.05) is 42.5 Å². The van der Waals surface area contributed by atoms with Crippen molar-refractivity contribution in [1.29, 1.82) is 0 Å². The molecule has 0 aromatic heterocycles. The van der Waals surface area contributed by atoms with Gasteiger partial charge in [0.15, 0.2) is 0 Å². The first kappa shape index (κ1) is 16.1. The lowest BCUT2D eigenvalue weighted by Gasteiger charge is -2.29. The van der Waals surface area contributed by atoms with Crippen molar-refractivity contribution in [1.82, 2.24) is 4.90 Å². The van der Waals surface area contributed by atoms with Gasteiger partial charge in [0.25, 0.3) is 0 Å². The molecule has 1 aromatic rings. The molecule has 0 fully saturated rings. The van der Waals surface area contributed by atoms with Crippen LogP contribution in [0.25, 0.3) is 0 Å². The Kier molecular flexibility index (Phi) is 5.64. The summed E-state index contributed by atoms with van der Waals surface area (Å²) in [5, 5.41) is 0. The molecular formula is C14H19N3O2S. The van der Waals surface area contributed by atoms with Crippen LogP contribution in [0.3, 0.4) is 0 Å². The first-order valence-electron chi connectivity index (χ1n) is 6.27. The van der Waals surface area contributed by atoms with E-state index in [-0.39, 0.29) is 23.5 Å². The molecule has 5 nitrogen and oxygen atoms in total. The first-order chi connectivity index (χ1) is 9.34. The molecule has 1 unspecified atom stereocenters. The number of hydrogen-bond donors (Lipinski definition) is 2. The number of amides is 2. The van der Waals surface area contributed by atoms with E-state index in [1.165, 1.54) is 4.90 Å². The number of rotatable bonds is 6. The fraction of sp³-hybridized carbons (Fsp3) is 0.357. The van der Waals surface area contributed by atoms with E-state index in [0.29, 0.717) is 5.56 Å². The standard InChI is InChI=1S/C14H19N3O2S/c1-9(2)17(8-11(15)18)14(19)12(13(16)20)10-6-4-3-5-7-10/h3-7,9,12H,8H2,1-2H3,(H2,15,18)(H2,16,20). The van der Waals surface area contributed by atoms with Crippen LogP contribution in [-0.2, 0) is 9.59 Å². The predicted octanol–water partition coefficient (Wildman–Crippen LogP) is 0.779. The summed E-state index contributed by atoms with van der Waals surface area (Å²) in [6.45, 7) is 3.47. The summed E-state index contributed by atoms with van der Waals surface area (Å²) in [5.41, 5.74) is 11.6. The number of carbonyl (C=O) groups excluding carboxylic acids is 2. The second kappa shape index (κ2) is 7.00. The molecule has 1 aromatic carbocycles. The lowest BCUT2D eigenvalue weighted by atomic mass is 9.97. The Hall–Kier alpha value is -1.95. The summed E-state index contributed by atoms with van der Waals surface area (Å²) in [4.78, 5) is 25.2. The lowest BCUT2D eigenvalue weighted by Crippen LogP contribution is -2.47. The minimum absolute atomic E-state index is 0.0799. The number of carbonyl (C=O) groups is 2. The number of primary amides is 1. The minimum atomic E-state index is -0.743. The van der Waals surface area contributed by atoms with Gasteiger partial charge in [0.2, 0.25) is 11.8 Å². The fourth-order valence-electron chi connectivity index (χ4n) is 1.92. The number of thiocarbonyl (C=S) groups is 1. The highest BCUT2D eigenvalue weighted by molar-refractivity contribution is 7.80. The summed E-state index contributed by atoms with van der Waals surface area (Å²) < 4.78 is 0. The van der Waals surface area contributed by atoms with Gasteiger partial charge in [0.1, 0.15) is 5.92 Å². The Morgan fingerprint density at radius 3 is 2.15 bits per heavy atom. The van der Waals surface area contributed by atoms with Gasteiger partial charge in [0.05, 0.1) is 11.5 Å². The summed E-state index contributed by atoms with van der Waals surface area (Å²) in [7, 11) is 0. The Morgan fingerprint density at radius 1 is 1.20 bits per heavy atom. The van der Waals surface area contributed by atoms with Crippen LogP contribution < -0.4 is 11.5 Å². The third-order valence-corrected chi connectivity index (χ3v) is 3.13. The van der Waals surface area contributed by atoms with Crippen molar-refractivity contribution in [2.24, 2.45) is 11.5 Å². The van der Waals surface area contributed by atoms with Crippen molar-refractivity contribution in [3.8, 4) is 0 Å². The molecule has 4 N–H and O–H groups in total. The summed E-state index contributed by atoms with van der Waals surface area (Å²) in [5.74, 6) is -1.62. The van der Waals surface area contributed by atoms with Crippen molar-refractivity contribution >= 4 is 29.0 Å². The highest BCUT2D eigenvalue weighted by Gasteiger charge is 2.30. The molecule has 20 heavy (non-hydrogen) atoms. The van der Waals surface area contributed by atoms with E-state index >= 15 is 0 Å². The van der Waals surface area contributed by atoms with E-state index in [1.807, 2.05) is 32.0 Å². The van der Waals surface area contributed by atoms with E-state index in [0.717, 1.165) is 0 Å². The zero-order valence-corrected chi connectivity index (χ0v) is 12.4. The van der Waals surface area contributed by atoms with Crippen LogP contribution in [0.5, 0.6) is 0 Å². The van der Waals surface area contributed by atoms with E-state index in [9.17, 15) is 9.59 Å². The quantitative estimate of drug-likeness (QED) is 0.758. The number of benzene rings is 1. The average molecular weight is 293 g/mol. The summed E-state index contributed by atoms with van der Waals surface area (Å²) >= 11 is 5.01. The maximum Gasteiger partial charge on any atom is 0.237 e. The molecule has 108 valence electrons. The van der Waals surface area contributed by atoms with Gasteiger partial charge in [-0.15, -0.1) is 0 Å². The maximum atomic E-state index is 12.6. The molecule has 0 saturated carbocycles. The SMILES string of the molecule is CC(C)N(CC(N)=O)C(=O)C(C(N)=S)c1ccccc1. The van der Waals surface area contributed by atoms with Crippen LogP contribution >= 0.6 is 12.2 Å². The van der Waals surface area contributed by atoms with E-state index in [2.05, 4.69) is 0 Å². The van der Waals surface area contributed by atoms with Crippen LogP contribution in [-0.4, -0.2) is 34.3 Å². The van der Waals surface area contributed by atoms with Crippen LogP contribution in [0.2, 0.25) is 0 Å². The molecule has 0 heterocycles. The predicted molar refractivity (Wildman–Crippen MR) is 82.0 cm³/mol. The largest absolute Gasteiger partial charge is 0.392 e. The first-order valence-corrected chi connectivity index (χ1v) is 6.68. The molecule has 0 aliphatic rings. The molecule has 0 aliphatic heterocycles. The Morgan fingerprint density at radius 2 is 1.75 bits per heavy atom. The van der Waals surface area contributed by atoms with E-state index < -0.39 is 11.8 Å². The Labute approximate surface area is 123 Å². The second-order valence-electron chi connectivity index (χ2n) is 4.77. The topological polar surface area (TPSA) is 89.4 Å². The summed E-state index contributed by atoms with van der Waals surface area (Å²) in [6.07, 6.45) is 0. The molecule has 0 bridgehead atoms. The maximum absolute atomic E-state index is 12.6. The van der Waals surface area contributed by atoms with Gasteiger partial charge >= 0.3 is 0 Å². The molecular weight excluding hydrogens is 274 g/mol. The van der Waals surface area contributed by atoms with E-state index in [4.69, 9.17) is 23.7 Å². The van der Waals surface area contributed by atoms with Crippen LogP contribution in [0, 0.1) is 0 Å². The molecule has 2 amide bonds. The van der Waals surface area contributed by atoms with Crippen LogP contribution in [0.4, 0.5) is 0 Å². The Bertz CT molecular complexity index is 502. The van der Waals surface area contributed by atoms with Gasteiger partial charge in [-0.2, -0.15) is 0 Å². The van der Waals surface area contributed by atoms with Crippen molar-refractivity contribution in [3.05, 3.63) is 35.9 Å². The fourth-order valence-corrected chi connectivity index (χ4v) is 2.16. The zero-order valence-electron chi connectivity index (χ0n) is 11.6. The van der Waals surface area contributed by atoms with Gasteiger partial charge in [-0.3, -0.25) is 9.59 Å². The third-order valence-electron chi connectivity index (χ3n) is 2.90. The van der Waals surface area contributed by atoms with Crippen molar-refractivity contribution in [3.63, 3.8) is 0 Å². The monoisotopic (exact) mass is 293 g/mol. The molecule has 1 rings (SSSR count). The third kappa shape index (κ3) is 4.03. The normalized spacial score (nSPS) is 11.9. The average Bonchev–Trinajstić information content (AvgIpc) is 2.36. The molecule has 0 spiro atoms. The van der Waals surface area contributed by atoms with Gasteiger partial charge < -0.3 is 16.4 Å². The van der Waals surface area contributed by atoms with Gasteiger partial charge in [-0.25, -0.2) is 0 Å². The summed E-state index contributed by atoms with van der Waals surface area (Å²) in [6, 6.07) is 8.85. The second-order valence-corrected chi connectivity index (χ2v) is 5.24. The smallest absolute Gasteiger partial charge is 0.237 e. The van der Waals surface area contributed by atoms with Crippen LogP contribution in [0.15, 0.2) is 30.3 Å². The molecule has 0 saturated heterocycles. The van der Waals surface area contributed by atoms with Crippen molar-refractivity contribution in [2.75, 3.05) is 6.54 Å². The molecule has 0 radical (unpaired) electrons. The Balaban J connectivity index is 3.10. The number of hydrogen-bond acceptors (Lipinski definition) is 3. The highest BCUT2D eigenvalue weighted by atomic mass is 32.1. The van der Waals surface area contributed by atoms with Crippen molar-refractivity contribution in [2.45, 2.75) is 25.8 Å². The molecule has 6 heteroatoms. The van der Waals surface area contributed by atoms with Gasteiger partial charge in [-0.05, 0) is 19.4 Å².